The minimum Gasteiger partial charge on any atom is -0.481 e. The van der Waals surface area contributed by atoms with Crippen molar-refractivity contribution in [3.63, 3.8) is 0 Å². The molecule has 0 fully saturated rings. The van der Waals surface area contributed by atoms with Gasteiger partial charge in [0.05, 0.1) is 5.92 Å². The van der Waals surface area contributed by atoms with Crippen LogP contribution in [0.5, 0.6) is 0 Å². The van der Waals surface area contributed by atoms with Gasteiger partial charge in [-0.1, -0.05) is 28.1 Å². The zero-order chi connectivity index (χ0) is 13.8. The lowest BCUT2D eigenvalue weighted by Crippen LogP contribution is -2.15. The standard InChI is InChI=1S/C14H11Br2NO2/c15-10-3-1-2-9(6-10)7-12(14(18)19)11-4-5-17-8-13(11)16/h1-6,8,12H,7H2,(H,18,19). The highest BCUT2D eigenvalue weighted by Gasteiger charge is 2.22. The molecule has 98 valence electrons. The van der Waals surface area contributed by atoms with Crippen LogP contribution in [0, 0.1) is 0 Å². The molecule has 1 unspecified atom stereocenters. The van der Waals surface area contributed by atoms with Gasteiger partial charge in [-0.05, 0) is 51.7 Å². The van der Waals surface area contributed by atoms with Gasteiger partial charge in [0.25, 0.3) is 0 Å². The lowest BCUT2D eigenvalue weighted by atomic mass is 9.93. The van der Waals surface area contributed by atoms with E-state index in [9.17, 15) is 9.90 Å². The second-order valence-electron chi connectivity index (χ2n) is 4.12. The number of carboxylic acid groups (broad SMARTS) is 1. The first-order valence-corrected chi connectivity index (χ1v) is 7.23. The maximum atomic E-state index is 11.5. The Kier molecular flexibility index (Phi) is 4.71. The van der Waals surface area contributed by atoms with Crippen molar-refractivity contribution >= 4 is 37.8 Å². The predicted molar refractivity (Wildman–Crippen MR) is 80.2 cm³/mol. The Hall–Kier alpha value is -1.20. The van der Waals surface area contributed by atoms with Crippen LogP contribution in [0.1, 0.15) is 17.0 Å². The lowest BCUT2D eigenvalue weighted by molar-refractivity contribution is -0.138. The number of nitrogens with zero attached hydrogens (tertiary/aromatic N) is 1. The Morgan fingerprint density at radius 3 is 2.74 bits per heavy atom. The summed E-state index contributed by atoms with van der Waals surface area (Å²) in [4.78, 5) is 15.4. The van der Waals surface area contributed by atoms with Crippen LogP contribution in [0.4, 0.5) is 0 Å². The second-order valence-corrected chi connectivity index (χ2v) is 5.89. The van der Waals surface area contributed by atoms with E-state index < -0.39 is 11.9 Å². The fourth-order valence-corrected chi connectivity index (χ4v) is 2.87. The highest BCUT2D eigenvalue weighted by Crippen LogP contribution is 2.28. The third-order valence-corrected chi connectivity index (χ3v) is 3.96. The van der Waals surface area contributed by atoms with Gasteiger partial charge < -0.3 is 5.11 Å². The smallest absolute Gasteiger partial charge is 0.311 e. The zero-order valence-corrected chi connectivity index (χ0v) is 13.1. The monoisotopic (exact) mass is 383 g/mol. The summed E-state index contributed by atoms with van der Waals surface area (Å²) in [6.45, 7) is 0. The van der Waals surface area contributed by atoms with Crippen LogP contribution in [0.15, 0.2) is 51.7 Å². The van der Waals surface area contributed by atoms with Crippen molar-refractivity contribution in [3.05, 3.63) is 62.8 Å². The molecule has 1 heterocycles. The number of halogens is 2. The maximum Gasteiger partial charge on any atom is 0.311 e. The van der Waals surface area contributed by atoms with Crippen LogP contribution in [-0.4, -0.2) is 16.1 Å². The molecule has 0 spiro atoms. The molecule has 0 aliphatic rings. The normalized spacial score (nSPS) is 12.1. The Labute approximate surface area is 127 Å². The summed E-state index contributed by atoms with van der Waals surface area (Å²) in [5.74, 6) is -1.43. The molecular weight excluding hydrogens is 374 g/mol. The van der Waals surface area contributed by atoms with E-state index in [1.54, 1.807) is 18.5 Å². The van der Waals surface area contributed by atoms with Crippen LogP contribution in [-0.2, 0) is 11.2 Å². The summed E-state index contributed by atoms with van der Waals surface area (Å²) in [5, 5.41) is 9.43. The molecule has 1 aromatic carbocycles. The van der Waals surface area contributed by atoms with Crippen LogP contribution in [0.3, 0.4) is 0 Å². The molecule has 5 heteroatoms. The van der Waals surface area contributed by atoms with Gasteiger partial charge in [0.1, 0.15) is 0 Å². The largest absolute Gasteiger partial charge is 0.481 e. The third kappa shape index (κ3) is 3.64. The zero-order valence-electron chi connectivity index (χ0n) is 9.88. The van der Waals surface area contributed by atoms with E-state index in [2.05, 4.69) is 36.8 Å². The van der Waals surface area contributed by atoms with Gasteiger partial charge in [0, 0.05) is 21.3 Å². The van der Waals surface area contributed by atoms with Crippen molar-refractivity contribution in [2.24, 2.45) is 0 Å². The van der Waals surface area contributed by atoms with Crippen molar-refractivity contribution in [1.82, 2.24) is 4.98 Å². The molecule has 19 heavy (non-hydrogen) atoms. The molecule has 1 atom stereocenters. The highest BCUT2D eigenvalue weighted by atomic mass is 79.9. The first-order valence-electron chi connectivity index (χ1n) is 5.64. The fourth-order valence-electron chi connectivity index (χ4n) is 1.90. The summed E-state index contributed by atoms with van der Waals surface area (Å²) in [6, 6.07) is 9.42. The quantitative estimate of drug-likeness (QED) is 0.866. The Bertz CT molecular complexity index is 602. The molecule has 0 bridgehead atoms. The summed E-state index contributed by atoms with van der Waals surface area (Å²) < 4.78 is 1.67. The highest BCUT2D eigenvalue weighted by molar-refractivity contribution is 9.10. The maximum absolute atomic E-state index is 11.5. The summed E-state index contributed by atoms with van der Waals surface area (Å²) in [6.07, 6.45) is 3.67. The summed E-state index contributed by atoms with van der Waals surface area (Å²) >= 11 is 6.75. The molecule has 1 aromatic heterocycles. The predicted octanol–water partition coefficient (Wildman–Crippen LogP) is 4.02. The lowest BCUT2D eigenvalue weighted by Gasteiger charge is -2.14. The van der Waals surface area contributed by atoms with E-state index >= 15 is 0 Å². The Morgan fingerprint density at radius 2 is 2.11 bits per heavy atom. The molecule has 0 aliphatic carbocycles. The molecule has 1 N–H and O–H groups in total. The average Bonchev–Trinajstić information content (AvgIpc) is 2.37. The third-order valence-electron chi connectivity index (χ3n) is 2.81. The number of rotatable bonds is 4. The van der Waals surface area contributed by atoms with Crippen LogP contribution in [0.2, 0.25) is 0 Å². The van der Waals surface area contributed by atoms with E-state index in [1.165, 1.54) is 0 Å². The van der Waals surface area contributed by atoms with Crippen LogP contribution in [0.25, 0.3) is 0 Å². The van der Waals surface area contributed by atoms with E-state index in [-0.39, 0.29) is 0 Å². The average molecular weight is 385 g/mol. The SMILES string of the molecule is O=C(O)C(Cc1cccc(Br)c1)c1ccncc1Br. The number of hydrogen-bond acceptors (Lipinski definition) is 2. The van der Waals surface area contributed by atoms with Gasteiger partial charge in [0.2, 0.25) is 0 Å². The van der Waals surface area contributed by atoms with Gasteiger partial charge >= 0.3 is 5.97 Å². The van der Waals surface area contributed by atoms with E-state index in [4.69, 9.17) is 0 Å². The van der Waals surface area contributed by atoms with Gasteiger partial charge in [-0.3, -0.25) is 9.78 Å². The first kappa shape index (κ1) is 14.2. The number of pyridine rings is 1. The summed E-state index contributed by atoms with van der Waals surface area (Å²) in [5.41, 5.74) is 1.72. The van der Waals surface area contributed by atoms with Crippen LogP contribution >= 0.6 is 31.9 Å². The molecule has 2 rings (SSSR count). The minimum absolute atomic E-state index is 0.442. The van der Waals surface area contributed by atoms with E-state index in [0.29, 0.717) is 6.42 Å². The van der Waals surface area contributed by atoms with Gasteiger partial charge in [-0.25, -0.2) is 0 Å². The molecule has 2 aromatic rings. The Morgan fingerprint density at radius 1 is 1.32 bits per heavy atom. The van der Waals surface area contributed by atoms with E-state index in [1.807, 2.05) is 24.3 Å². The number of aliphatic carboxylic acids is 1. The molecule has 0 saturated carbocycles. The number of carboxylic acids is 1. The molecule has 0 amide bonds. The second kappa shape index (κ2) is 6.30. The van der Waals surface area contributed by atoms with Gasteiger partial charge in [-0.15, -0.1) is 0 Å². The topological polar surface area (TPSA) is 50.2 Å². The van der Waals surface area contributed by atoms with Crippen molar-refractivity contribution < 1.29 is 9.90 Å². The number of carbonyl (C=O) groups is 1. The molecule has 0 saturated heterocycles. The molecule has 0 radical (unpaired) electrons. The van der Waals surface area contributed by atoms with Crippen molar-refractivity contribution in [3.8, 4) is 0 Å². The Balaban J connectivity index is 2.32. The molecular formula is C14H11Br2NO2. The van der Waals surface area contributed by atoms with Crippen molar-refractivity contribution in [2.45, 2.75) is 12.3 Å². The number of benzene rings is 1. The van der Waals surface area contributed by atoms with Gasteiger partial charge in [0.15, 0.2) is 0 Å². The van der Waals surface area contributed by atoms with Crippen molar-refractivity contribution in [2.75, 3.05) is 0 Å². The minimum atomic E-state index is -0.841. The van der Waals surface area contributed by atoms with Crippen molar-refractivity contribution in [1.29, 1.82) is 0 Å². The van der Waals surface area contributed by atoms with E-state index in [0.717, 1.165) is 20.1 Å². The number of aromatic nitrogens is 1. The van der Waals surface area contributed by atoms with Gasteiger partial charge in [-0.2, -0.15) is 0 Å². The van der Waals surface area contributed by atoms with Crippen LogP contribution < -0.4 is 0 Å². The fraction of sp³-hybridized carbons (Fsp3) is 0.143. The number of hydrogen-bond donors (Lipinski definition) is 1. The molecule has 3 nitrogen and oxygen atoms in total. The molecule has 0 aliphatic heterocycles. The summed E-state index contributed by atoms with van der Waals surface area (Å²) in [7, 11) is 0. The first-order chi connectivity index (χ1) is 9.08.